The number of nitrogens with one attached hydrogen (secondary N) is 1. The summed E-state index contributed by atoms with van der Waals surface area (Å²) < 4.78 is 0. The zero-order valence-electron chi connectivity index (χ0n) is 17.3. The predicted molar refractivity (Wildman–Crippen MR) is 114 cm³/mol. The van der Waals surface area contributed by atoms with Gasteiger partial charge in [0.2, 0.25) is 11.8 Å². The topological polar surface area (TPSA) is 69.7 Å². The second-order valence-corrected chi connectivity index (χ2v) is 8.16. The van der Waals surface area contributed by atoms with E-state index in [1.54, 1.807) is 21.9 Å². The maximum absolute atomic E-state index is 12.8. The number of hydrogen-bond acceptors (Lipinski definition) is 3. The average Bonchev–Trinajstić information content (AvgIpc) is 2.76. The summed E-state index contributed by atoms with van der Waals surface area (Å²) in [6.07, 6.45) is 2.71. The third kappa shape index (κ3) is 4.37. The Bertz CT molecular complexity index is 954. The molecule has 1 atom stereocenters. The van der Waals surface area contributed by atoms with E-state index in [1.807, 2.05) is 43.3 Å². The molecule has 2 aromatic rings. The lowest BCUT2D eigenvalue weighted by Crippen LogP contribution is -2.60. The first-order valence-electron chi connectivity index (χ1n) is 10.5. The molecule has 30 heavy (non-hydrogen) atoms. The first-order chi connectivity index (χ1) is 14.5. The molecule has 6 nitrogen and oxygen atoms in total. The van der Waals surface area contributed by atoms with Gasteiger partial charge in [0.15, 0.2) is 0 Å². The molecule has 6 heteroatoms. The van der Waals surface area contributed by atoms with Crippen LogP contribution < -0.4 is 5.32 Å². The van der Waals surface area contributed by atoms with Gasteiger partial charge in [0, 0.05) is 25.2 Å². The number of carbonyl (C=O) groups excluding carboxylic acids is 3. The molecule has 2 aliphatic rings. The molecule has 0 unspecified atom stereocenters. The second-order valence-electron chi connectivity index (χ2n) is 8.16. The normalized spacial score (nSPS) is 18.9. The number of benzene rings is 2. The van der Waals surface area contributed by atoms with Gasteiger partial charge in [-0.25, -0.2) is 0 Å². The summed E-state index contributed by atoms with van der Waals surface area (Å²) in [5, 5.41) is 2.93. The fourth-order valence-corrected chi connectivity index (χ4v) is 4.25. The van der Waals surface area contributed by atoms with Crippen LogP contribution in [0.1, 0.15) is 46.3 Å². The Balaban J connectivity index is 1.35. The van der Waals surface area contributed by atoms with Gasteiger partial charge < -0.3 is 15.1 Å². The molecular formula is C24H27N3O3. The standard InChI is InChI=1S/C24H27N3O3/c1-17-5-4-6-19(13-17)14-25-23(29)20-10-8-18(9-11-20)15-26-16-22(28)27-12-3-2-7-21(27)24(26)30/h4-6,8-11,13,21H,2-3,7,12,14-16H2,1H3,(H,25,29)/t21-/m1/s1. The molecule has 3 amide bonds. The minimum atomic E-state index is -0.299. The highest BCUT2D eigenvalue weighted by atomic mass is 16.2. The van der Waals surface area contributed by atoms with E-state index in [0.29, 0.717) is 25.2 Å². The highest BCUT2D eigenvalue weighted by Crippen LogP contribution is 2.24. The van der Waals surface area contributed by atoms with Crippen molar-refractivity contribution in [2.24, 2.45) is 0 Å². The maximum atomic E-state index is 12.8. The molecule has 2 aliphatic heterocycles. The lowest BCUT2D eigenvalue weighted by molar-refractivity contribution is -0.158. The van der Waals surface area contributed by atoms with Crippen LogP contribution in [0.4, 0.5) is 0 Å². The lowest BCUT2D eigenvalue weighted by atomic mass is 9.98. The van der Waals surface area contributed by atoms with Crippen LogP contribution in [0.25, 0.3) is 0 Å². The zero-order valence-corrected chi connectivity index (χ0v) is 17.3. The monoisotopic (exact) mass is 405 g/mol. The maximum Gasteiger partial charge on any atom is 0.251 e. The summed E-state index contributed by atoms with van der Waals surface area (Å²) in [6, 6.07) is 15.0. The van der Waals surface area contributed by atoms with Gasteiger partial charge in [0.05, 0.1) is 0 Å². The molecule has 2 saturated heterocycles. The van der Waals surface area contributed by atoms with Gasteiger partial charge >= 0.3 is 0 Å². The minimum Gasteiger partial charge on any atom is -0.348 e. The Morgan fingerprint density at radius 1 is 1.07 bits per heavy atom. The molecule has 2 heterocycles. The minimum absolute atomic E-state index is 0.0337. The number of aryl methyl sites for hydroxylation is 1. The number of nitrogens with zero attached hydrogens (tertiary/aromatic N) is 2. The van der Waals surface area contributed by atoms with Crippen LogP contribution in [-0.4, -0.2) is 46.7 Å². The SMILES string of the molecule is Cc1cccc(CNC(=O)c2ccc(CN3CC(=O)N4CCCC[C@@H]4C3=O)cc2)c1. The predicted octanol–water partition coefficient (Wildman–Crippen LogP) is 2.65. The third-order valence-electron chi connectivity index (χ3n) is 5.87. The summed E-state index contributed by atoms with van der Waals surface area (Å²) in [7, 11) is 0. The van der Waals surface area contributed by atoms with Crippen molar-refractivity contribution in [3.8, 4) is 0 Å². The summed E-state index contributed by atoms with van der Waals surface area (Å²) in [6.45, 7) is 3.71. The van der Waals surface area contributed by atoms with Crippen molar-refractivity contribution in [2.45, 2.75) is 45.3 Å². The third-order valence-corrected chi connectivity index (χ3v) is 5.87. The van der Waals surface area contributed by atoms with Gasteiger partial charge in [-0.2, -0.15) is 0 Å². The van der Waals surface area contributed by atoms with E-state index in [9.17, 15) is 14.4 Å². The Labute approximate surface area is 176 Å². The summed E-state index contributed by atoms with van der Waals surface area (Å²) >= 11 is 0. The van der Waals surface area contributed by atoms with Gasteiger partial charge in [0.25, 0.3) is 5.91 Å². The molecule has 0 aromatic heterocycles. The number of rotatable bonds is 5. The number of piperazine rings is 1. The molecule has 1 N–H and O–H groups in total. The van der Waals surface area contributed by atoms with E-state index in [0.717, 1.165) is 36.0 Å². The fourth-order valence-electron chi connectivity index (χ4n) is 4.25. The Kier molecular flexibility index (Phi) is 5.84. The van der Waals surface area contributed by atoms with E-state index < -0.39 is 0 Å². The van der Waals surface area contributed by atoms with Gasteiger partial charge in [-0.3, -0.25) is 14.4 Å². The summed E-state index contributed by atoms with van der Waals surface area (Å²) in [5.74, 6) is -0.0640. The first-order valence-corrected chi connectivity index (χ1v) is 10.5. The van der Waals surface area contributed by atoms with E-state index >= 15 is 0 Å². The molecule has 0 spiro atoms. The van der Waals surface area contributed by atoms with Crippen LogP contribution in [0, 0.1) is 6.92 Å². The van der Waals surface area contributed by atoms with E-state index in [1.165, 1.54) is 0 Å². The quantitative estimate of drug-likeness (QED) is 0.832. The number of fused-ring (bicyclic) bond motifs is 1. The molecular weight excluding hydrogens is 378 g/mol. The highest BCUT2D eigenvalue weighted by Gasteiger charge is 2.40. The van der Waals surface area contributed by atoms with Crippen LogP contribution in [0.15, 0.2) is 48.5 Å². The van der Waals surface area contributed by atoms with E-state index in [-0.39, 0.29) is 30.3 Å². The van der Waals surface area contributed by atoms with Crippen LogP contribution in [-0.2, 0) is 22.7 Å². The van der Waals surface area contributed by atoms with Crippen molar-refractivity contribution in [1.82, 2.24) is 15.1 Å². The molecule has 2 fully saturated rings. The van der Waals surface area contributed by atoms with Crippen LogP contribution in [0.3, 0.4) is 0 Å². The number of carbonyl (C=O) groups is 3. The fraction of sp³-hybridized carbons (Fsp3) is 0.375. The highest BCUT2D eigenvalue weighted by molar-refractivity contribution is 5.95. The Hall–Kier alpha value is -3.15. The van der Waals surface area contributed by atoms with Gasteiger partial charge in [-0.05, 0) is 49.4 Å². The largest absolute Gasteiger partial charge is 0.348 e. The Morgan fingerprint density at radius 3 is 2.63 bits per heavy atom. The second kappa shape index (κ2) is 8.69. The molecule has 2 aromatic carbocycles. The van der Waals surface area contributed by atoms with Gasteiger partial charge in [0.1, 0.15) is 12.6 Å². The van der Waals surface area contributed by atoms with E-state index in [4.69, 9.17) is 0 Å². The summed E-state index contributed by atoms with van der Waals surface area (Å²) in [5.41, 5.74) is 3.71. The average molecular weight is 405 g/mol. The van der Waals surface area contributed by atoms with Crippen molar-refractivity contribution in [1.29, 1.82) is 0 Å². The first kappa shape index (κ1) is 20.1. The molecule has 4 rings (SSSR count). The van der Waals surface area contributed by atoms with Crippen molar-refractivity contribution in [3.63, 3.8) is 0 Å². The van der Waals surface area contributed by atoms with Crippen LogP contribution in [0.5, 0.6) is 0 Å². The smallest absolute Gasteiger partial charge is 0.251 e. The lowest BCUT2D eigenvalue weighted by Gasteiger charge is -2.42. The molecule has 156 valence electrons. The van der Waals surface area contributed by atoms with Crippen molar-refractivity contribution in [3.05, 3.63) is 70.8 Å². The number of piperidine rings is 1. The van der Waals surface area contributed by atoms with Crippen LogP contribution >= 0.6 is 0 Å². The van der Waals surface area contributed by atoms with Crippen molar-refractivity contribution < 1.29 is 14.4 Å². The molecule has 0 saturated carbocycles. The molecule has 0 aliphatic carbocycles. The van der Waals surface area contributed by atoms with Crippen molar-refractivity contribution in [2.75, 3.05) is 13.1 Å². The van der Waals surface area contributed by atoms with Crippen molar-refractivity contribution >= 4 is 17.7 Å². The zero-order chi connectivity index (χ0) is 21.1. The molecule has 0 radical (unpaired) electrons. The summed E-state index contributed by atoms with van der Waals surface area (Å²) in [4.78, 5) is 41.0. The van der Waals surface area contributed by atoms with E-state index in [2.05, 4.69) is 5.32 Å². The van der Waals surface area contributed by atoms with Gasteiger partial charge in [-0.15, -0.1) is 0 Å². The van der Waals surface area contributed by atoms with Gasteiger partial charge in [-0.1, -0.05) is 42.0 Å². The molecule has 0 bridgehead atoms. The van der Waals surface area contributed by atoms with Crippen LogP contribution in [0.2, 0.25) is 0 Å². The Morgan fingerprint density at radius 2 is 1.87 bits per heavy atom. The number of amides is 3. The number of hydrogen-bond donors (Lipinski definition) is 1.